The van der Waals surface area contributed by atoms with Crippen molar-refractivity contribution in [1.82, 2.24) is 4.57 Å². The lowest BCUT2D eigenvalue weighted by Gasteiger charge is -2.59. The average Bonchev–Trinajstić information content (AvgIpc) is 2.71. The molecule has 1 amide bonds. The molecule has 8 heteroatoms. The molecule has 0 radical (unpaired) electrons. The van der Waals surface area contributed by atoms with E-state index < -0.39 is 22.7 Å². The van der Waals surface area contributed by atoms with Crippen molar-refractivity contribution in [2.24, 2.45) is 5.92 Å². The Kier molecular flexibility index (Phi) is 8.75. The van der Waals surface area contributed by atoms with Gasteiger partial charge in [0.1, 0.15) is 6.61 Å². The van der Waals surface area contributed by atoms with E-state index in [0.29, 0.717) is 12.2 Å². The number of nitrogens with zero attached hydrogens (tertiary/aromatic N) is 1. The molecule has 0 saturated carbocycles. The molecule has 1 aromatic carbocycles. The van der Waals surface area contributed by atoms with E-state index in [-0.39, 0.29) is 41.2 Å². The number of β-lactam (4-membered cyclic amide) rings is 1. The molecule has 1 heterocycles. The minimum Gasteiger partial charge on any atom is -0.545 e. The van der Waals surface area contributed by atoms with E-state index >= 15 is 0 Å². The number of amides is 1. The van der Waals surface area contributed by atoms with Gasteiger partial charge in [0.15, 0.2) is 8.24 Å². The van der Waals surface area contributed by atoms with Crippen LogP contribution in [-0.4, -0.2) is 45.8 Å². The highest BCUT2D eigenvalue weighted by Crippen LogP contribution is 2.48. The zero-order chi connectivity index (χ0) is 26.8. The molecule has 2 atom stereocenters. The van der Waals surface area contributed by atoms with Crippen molar-refractivity contribution < 1.29 is 23.5 Å². The topological polar surface area (TPSA) is 65.1 Å². The Labute approximate surface area is 214 Å². The summed E-state index contributed by atoms with van der Waals surface area (Å²) in [4.78, 5) is 25.5. The number of rotatable bonds is 9. The predicted molar refractivity (Wildman–Crippen MR) is 146 cm³/mol. The predicted octanol–water partition coefficient (Wildman–Crippen LogP) is 7.10. The van der Waals surface area contributed by atoms with Crippen molar-refractivity contribution in [2.75, 3.05) is 6.61 Å². The molecule has 1 fully saturated rings. The molecule has 0 unspecified atom stereocenters. The number of ether oxygens (including phenoxy) is 2. The molecule has 0 N–H and O–H groups in total. The van der Waals surface area contributed by atoms with Crippen molar-refractivity contribution in [3.8, 4) is 0 Å². The van der Waals surface area contributed by atoms with Crippen LogP contribution in [0.1, 0.15) is 53.5 Å². The lowest BCUT2D eigenvalue weighted by molar-refractivity contribution is -0.148. The molecule has 1 saturated heterocycles. The van der Waals surface area contributed by atoms with E-state index in [4.69, 9.17) is 13.9 Å². The zero-order valence-electron chi connectivity index (χ0n) is 23.4. The summed E-state index contributed by atoms with van der Waals surface area (Å²) in [6.45, 7) is 26.6. The summed E-state index contributed by atoms with van der Waals surface area (Å²) < 4.78 is 19.1. The molecular weight excluding hydrogens is 474 g/mol. The molecule has 1 aliphatic heterocycles. The molecule has 1 aliphatic rings. The molecule has 0 aromatic heterocycles. The maximum absolute atomic E-state index is 13.4. The lowest BCUT2D eigenvalue weighted by atomic mass is 9.86. The van der Waals surface area contributed by atoms with Crippen molar-refractivity contribution in [2.45, 2.75) is 96.9 Å². The Bertz CT molecular complexity index is 916. The Morgan fingerprint density at radius 2 is 1.54 bits per heavy atom. The van der Waals surface area contributed by atoms with Gasteiger partial charge < -0.3 is 18.5 Å². The molecular formula is C27H45NO5Si2. The minimum absolute atomic E-state index is 0.0130. The third kappa shape index (κ3) is 6.58. The maximum Gasteiger partial charge on any atom is 0.508 e. The fourth-order valence-electron chi connectivity index (χ4n) is 3.75. The van der Waals surface area contributed by atoms with Gasteiger partial charge in [-0.3, -0.25) is 4.79 Å². The van der Waals surface area contributed by atoms with Crippen LogP contribution in [0.25, 0.3) is 0 Å². The second-order valence-corrected chi connectivity index (χ2v) is 22.4. The minimum atomic E-state index is -2.16. The van der Waals surface area contributed by atoms with E-state index in [0.717, 1.165) is 5.56 Å². The first kappa shape index (κ1) is 29.2. The van der Waals surface area contributed by atoms with Crippen molar-refractivity contribution in [3.63, 3.8) is 0 Å². The van der Waals surface area contributed by atoms with Crippen LogP contribution < -0.4 is 0 Å². The monoisotopic (exact) mass is 519 g/mol. The van der Waals surface area contributed by atoms with Crippen molar-refractivity contribution in [1.29, 1.82) is 0 Å². The molecule has 0 spiro atoms. The van der Waals surface area contributed by atoms with Gasteiger partial charge in [0, 0.05) is 0 Å². The van der Waals surface area contributed by atoms with Crippen LogP contribution in [-0.2, 0) is 25.3 Å². The normalized spacial score (nSPS) is 19.1. The van der Waals surface area contributed by atoms with Crippen molar-refractivity contribution in [3.05, 3.63) is 48.2 Å². The van der Waals surface area contributed by atoms with Crippen LogP contribution >= 0.6 is 0 Å². The largest absolute Gasteiger partial charge is 0.545 e. The smallest absolute Gasteiger partial charge is 0.508 e. The van der Waals surface area contributed by atoms with Gasteiger partial charge in [-0.25, -0.2) is 4.79 Å². The van der Waals surface area contributed by atoms with Gasteiger partial charge in [-0.15, -0.1) is 0 Å². The van der Waals surface area contributed by atoms with Gasteiger partial charge in [-0.1, -0.05) is 91.5 Å². The quantitative estimate of drug-likeness (QED) is 0.151. The molecule has 6 nitrogen and oxygen atoms in total. The lowest BCUT2D eigenvalue weighted by Crippen LogP contribution is -2.73. The van der Waals surface area contributed by atoms with Crippen LogP contribution in [0.3, 0.4) is 0 Å². The summed E-state index contributed by atoms with van der Waals surface area (Å²) in [6, 6.07) is 9.24. The molecule has 35 heavy (non-hydrogen) atoms. The molecule has 0 bridgehead atoms. The van der Waals surface area contributed by atoms with Gasteiger partial charge in [0.2, 0.25) is 14.2 Å². The first-order valence-electron chi connectivity index (χ1n) is 12.4. The van der Waals surface area contributed by atoms with Crippen LogP contribution in [0.2, 0.25) is 36.3 Å². The first-order chi connectivity index (χ1) is 15.9. The molecule has 196 valence electrons. The van der Waals surface area contributed by atoms with E-state index in [1.54, 1.807) is 0 Å². The Morgan fingerprint density at radius 1 is 0.971 bits per heavy atom. The molecule has 0 aliphatic carbocycles. The van der Waals surface area contributed by atoms with Gasteiger partial charge in [-0.2, -0.15) is 0 Å². The Balaban J connectivity index is 2.09. The van der Waals surface area contributed by atoms with Crippen LogP contribution in [0.5, 0.6) is 0 Å². The number of hydrogen-bond donors (Lipinski definition) is 0. The summed E-state index contributed by atoms with van der Waals surface area (Å²) in [6.07, 6.45) is -0.315. The fraction of sp³-hybridized carbons (Fsp3) is 0.630. The number of benzene rings is 1. The third-order valence-corrected chi connectivity index (χ3v) is 17.8. The van der Waals surface area contributed by atoms with Crippen LogP contribution in [0.4, 0.5) is 4.79 Å². The highest BCUT2D eigenvalue weighted by molar-refractivity contribution is 6.80. The summed E-state index contributed by atoms with van der Waals surface area (Å²) >= 11 is 0. The van der Waals surface area contributed by atoms with Crippen LogP contribution in [0.15, 0.2) is 42.7 Å². The third-order valence-electron chi connectivity index (χ3n) is 8.02. The Hall–Kier alpha value is -2.07. The maximum atomic E-state index is 13.4. The number of hydrogen-bond acceptors (Lipinski definition) is 5. The molecule has 1 aromatic rings. The number of carbonyl (C=O) groups is 2. The van der Waals surface area contributed by atoms with E-state index in [9.17, 15) is 9.59 Å². The SMILES string of the molecule is C=C(O[Si](C)(C)C(C)(C)C)[C@@H]1[C@H](CCOC(=O)OCc2ccccc2)C(=O)N1[Si](C)(C)C(C)(C)C. The molecule has 2 rings (SSSR count). The highest BCUT2D eigenvalue weighted by atomic mass is 28.4. The van der Waals surface area contributed by atoms with E-state index in [1.165, 1.54) is 0 Å². The fourth-order valence-corrected chi connectivity index (χ4v) is 7.29. The van der Waals surface area contributed by atoms with Gasteiger partial charge in [-0.05, 0) is 35.2 Å². The van der Waals surface area contributed by atoms with E-state index in [2.05, 4.69) is 78.9 Å². The average molecular weight is 520 g/mol. The van der Waals surface area contributed by atoms with Gasteiger partial charge in [0.25, 0.3) is 0 Å². The zero-order valence-corrected chi connectivity index (χ0v) is 25.4. The second-order valence-electron chi connectivity index (χ2n) is 12.6. The summed E-state index contributed by atoms with van der Waals surface area (Å²) in [5, 5.41) is 0.00744. The highest BCUT2D eigenvalue weighted by Gasteiger charge is 2.59. The summed E-state index contributed by atoms with van der Waals surface area (Å²) in [5.41, 5.74) is 0.891. The van der Waals surface area contributed by atoms with E-state index in [1.807, 2.05) is 30.3 Å². The Morgan fingerprint density at radius 3 is 2.06 bits per heavy atom. The standard InChI is InChI=1S/C27H45NO5Si2/c1-20(33-35(10,11)27(5,6)7)23-22(24(29)28(23)34(8,9)26(2,3)4)17-18-31-25(30)32-19-21-15-13-12-14-16-21/h12-16,22-23H,1,17-19H2,2-11H3/t22-,23+/m0/s1. The summed E-state index contributed by atoms with van der Waals surface area (Å²) in [7, 11) is -4.28. The second kappa shape index (κ2) is 10.5. The van der Waals surface area contributed by atoms with Gasteiger partial charge >= 0.3 is 6.16 Å². The summed E-state index contributed by atoms with van der Waals surface area (Å²) in [5.74, 6) is 0.448. The van der Waals surface area contributed by atoms with Crippen molar-refractivity contribution >= 4 is 28.6 Å². The van der Waals surface area contributed by atoms with Crippen LogP contribution in [0, 0.1) is 5.92 Å². The number of carbonyl (C=O) groups excluding carboxylic acids is 2. The van der Waals surface area contributed by atoms with Gasteiger partial charge in [0.05, 0.1) is 24.3 Å². The first-order valence-corrected chi connectivity index (χ1v) is 18.3.